The van der Waals surface area contributed by atoms with Crippen molar-refractivity contribution in [2.75, 3.05) is 25.9 Å². The van der Waals surface area contributed by atoms with Crippen molar-refractivity contribution in [2.24, 2.45) is 5.16 Å². The molecule has 0 aromatic carbocycles. The second-order valence-corrected chi connectivity index (χ2v) is 6.96. The summed E-state index contributed by atoms with van der Waals surface area (Å²) < 4.78 is 0. The summed E-state index contributed by atoms with van der Waals surface area (Å²) in [7, 11) is 1.25. The van der Waals surface area contributed by atoms with Crippen molar-refractivity contribution in [1.82, 2.24) is 20.1 Å². The minimum atomic E-state index is -1.19. The summed E-state index contributed by atoms with van der Waals surface area (Å²) in [6.07, 6.45) is 0. The Morgan fingerprint density at radius 2 is 2.21 bits per heavy atom. The fourth-order valence-corrected chi connectivity index (χ4v) is 2.94. The first-order valence-corrected chi connectivity index (χ1v) is 9.00. The molecule has 1 aromatic rings. The number of carbonyl (C=O) groups excluding carboxylic acids is 3. The minimum absolute atomic E-state index is 0.0916. The molecular weight excluding hydrogens is 392 g/mol. The first kappa shape index (κ1) is 21.1. The van der Waals surface area contributed by atoms with Gasteiger partial charge in [-0.05, 0) is 13.8 Å². The Kier molecular flexibility index (Phi) is 6.51. The van der Waals surface area contributed by atoms with Gasteiger partial charge >= 0.3 is 12.0 Å². The van der Waals surface area contributed by atoms with Crippen LogP contribution >= 0.6 is 11.3 Å². The van der Waals surface area contributed by atoms with E-state index in [1.165, 1.54) is 12.5 Å². The highest BCUT2D eigenvalue weighted by Gasteiger charge is 2.44. The average molecular weight is 412 g/mol. The third-order valence-electron chi connectivity index (χ3n) is 3.80. The number of hydrogen-bond acceptors (Lipinski definition) is 9. The van der Waals surface area contributed by atoms with Gasteiger partial charge in [-0.1, -0.05) is 5.16 Å². The van der Waals surface area contributed by atoms with Crippen molar-refractivity contribution in [3.63, 3.8) is 0 Å². The maximum Gasteiger partial charge on any atom is 0.327 e. The van der Waals surface area contributed by atoms with Gasteiger partial charge in [0.25, 0.3) is 11.8 Å². The number of hydrogen-bond donors (Lipinski definition) is 3. The highest BCUT2D eigenvalue weighted by atomic mass is 32.1. The first-order valence-electron chi connectivity index (χ1n) is 8.12. The number of urea groups is 1. The molecule has 0 unspecified atom stereocenters. The number of β-lactam (4-membered cyclic amide) rings is 1. The molecule has 1 fully saturated rings. The zero-order valence-electron chi connectivity index (χ0n) is 15.4. The summed E-state index contributed by atoms with van der Waals surface area (Å²) in [6.45, 7) is 2.65. The molecule has 2 rings (SSSR count). The van der Waals surface area contributed by atoms with Crippen molar-refractivity contribution in [3.8, 4) is 0 Å². The lowest BCUT2D eigenvalue weighted by Gasteiger charge is -2.40. The van der Waals surface area contributed by atoms with Crippen molar-refractivity contribution in [1.29, 1.82) is 0 Å². The highest BCUT2D eigenvalue weighted by Crippen LogP contribution is 2.17. The van der Waals surface area contributed by atoms with E-state index in [0.717, 1.165) is 21.1 Å². The number of aliphatic carboxylic acids is 1. The molecule has 1 atom stereocenters. The van der Waals surface area contributed by atoms with Crippen LogP contribution in [0.15, 0.2) is 10.5 Å². The molecule has 4 amide bonds. The number of amides is 4. The molecule has 0 aliphatic carbocycles. The number of nitrogens with one attached hydrogen (secondary N) is 1. The van der Waals surface area contributed by atoms with Crippen LogP contribution in [0.2, 0.25) is 0 Å². The molecule has 1 saturated heterocycles. The number of nitrogen functional groups attached to an aromatic ring is 1. The summed E-state index contributed by atoms with van der Waals surface area (Å²) in [6, 6.07) is -2.10. The number of rotatable bonds is 7. The molecule has 2 heterocycles. The number of aromatic nitrogens is 1. The fraction of sp³-hybridized carbons (Fsp3) is 0.467. The van der Waals surface area contributed by atoms with Gasteiger partial charge < -0.3 is 25.9 Å². The van der Waals surface area contributed by atoms with Gasteiger partial charge in [-0.25, -0.2) is 9.78 Å². The van der Waals surface area contributed by atoms with Crippen molar-refractivity contribution >= 4 is 46.0 Å². The monoisotopic (exact) mass is 412 g/mol. The number of nitrogens with zero attached hydrogens (tertiary/aromatic N) is 4. The number of likely N-dealkylation sites (tertiary alicyclic amines) is 1. The van der Waals surface area contributed by atoms with Crippen molar-refractivity contribution in [2.45, 2.75) is 25.9 Å². The van der Waals surface area contributed by atoms with Gasteiger partial charge in [-0.2, -0.15) is 0 Å². The maximum atomic E-state index is 12.4. The average Bonchev–Trinajstić information content (AvgIpc) is 3.05. The van der Waals surface area contributed by atoms with E-state index >= 15 is 0 Å². The number of oxime groups is 1. The van der Waals surface area contributed by atoms with Gasteiger partial charge in [0.1, 0.15) is 25.4 Å². The van der Waals surface area contributed by atoms with Crippen LogP contribution in [0.25, 0.3) is 0 Å². The Labute approximate surface area is 163 Å². The number of carboxylic acids is 1. The van der Waals surface area contributed by atoms with Gasteiger partial charge in [0.2, 0.25) is 0 Å². The molecule has 0 bridgehead atoms. The van der Waals surface area contributed by atoms with Crippen LogP contribution in [0.4, 0.5) is 9.93 Å². The quantitative estimate of drug-likeness (QED) is 0.301. The van der Waals surface area contributed by atoms with Crippen LogP contribution < -0.4 is 11.1 Å². The molecule has 1 aliphatic heterocycles. The van der Waals surface area contributed by atoms with Gasteiger partial charge in [0.05, 0.1) is 6.54 Å². The van der Waals surface area contributed by atoms with Crippen LogP contribution in [-0.4, -0.2) is 81.7 Å². The molecule has 1 aromatic heterocycles. The van der Waals surface area contributed by atoms with E-state index in [1.807, 2.05) is 0 Å². The van der Waals surface area contributed by atoms with E-state index in [0.29, 0.717) is 0 Å². The molecule has 28 heavy (non-hydrogen) atoms. The van der Waals surface area contributed by atoms with E-state index < -0.39 is 42.4 Å². The molecule has 0 radical (unpaired) electrons. The summed E-state index contributed by atoms with van der Waals surface area (Å²) in [5.41, 5.74) is 5.57. The van der Waals surface area contributed by atoms with Crippen LogP contribution in [0, 0.1) is 0 Å². The largest absolute Gasteiger partial charge is 0.480 e. The lowest BCUT2D eigenvalue weighted by molar-refractivity contribution is -0.144. The van der Waals surface area contributed by atoms with Crippen LogP contribution in [0.5, 0.6) is 0 Å². The highest BCUT2D eigenvalue weighted by molar-refractivity contribution is 7.13. The zero-order chi connectivity index (χ0) is 21.0. The van der Waals surface area contributed by atoms with Gasteiger partial charge in [-0.3, -0.25) is 19.3 Å². The summed E-state index contributed by atoms with van der Waals surface area (Å²) in [5, 5.41) is 16.7. The minimum Gasteiger partial charge on any atom is -0.480 e. The number of carboxylic acid groups (broad SMARTS) is 1. The summed E-state index contributed by atoms with van der Waals surface area (Å²) in [4.78, 5) is 58.5. The van der Waals surface area contributed by atoms with Gasteiger partial charge in [0, 0.05) is 11.4 Å². The summed E-state index contributed by atoms with van der Waals surface area (Å²) in [5.74, 6) is -2.56. The number of anilines is 1. The predicted molar refractivity (Wildman–Crippen MR) is 98.6 cm³/mol. The van der Waals surface area contributed by atoms with E-state index in [4.69, 9.17) is 10.8 Å². The van der Waals surface area contributed by atoms with E-state index in [2.05, 4.69) is 20.3 Å². The molecule has 13 heteroatoms. The van der Waals surface area contributed by atoms with E-state index in [-0.39, 0.29) is 23.1 Å². The molecule has 12 nitrogen and oxygen atoms in total. The standard InChI is InChI=1S/C15H20N6O6S/c1-7(2)20(5-10(22)23)15(26)21-4-8(13(21)25)17-12(24)11(19-27-3)9-6-28-14(16)18-9/h6-8H,4-5H2,1-3H3,(H2,16,18)(H,17,24)(H,22,23)/t8-/m0/s1. The lowest BCUT2D eigenvalue weighted by Crippen LogP contribution is -2.68. The Bertz CT molecular complexity index is 822. The lowest BCUT2D eigenvalue weighted by atomic mass is 10.1. The Morgan fingerprint density at radius 3 is 2.68 bits per heavy atom. The molecule has 0 spiro atoms. The Morgan fingerprint density at radius 1 is 1.54 bits per heavy atom. The predicted octanol–water partition coefficient (Wildman–Crippen LogP) is -0.682. The maximum absolute atomic E-state index is 12.4. The summed E-state index contributed by atoms with van der Waals surface area (Å²) >= 11 is 1.11. The zero-order valence-corrected chi connectivity index (χ0v) is 16.2. The number of carbonyl (C=O) groups is 4. The molecule has 4 N–H and O–H groups in total. The van der Waals surface area contributed by atoms with Crippen molar-refractivity contribution in [3.05, 3.63) is 11.1 Å². The molecular formula is C15H20N6O6S. The number of thiazole rings is 1. The Hall–Kier alpha value is -3.22. The SMILES string of the molecule is CON=C(C(=O)N[C@H]1CN(C(=O)N(CC(=O)O)C(C)C)C1=O)c1csc(N)n1. The topological polar surface area (TPSA) is 168 Å². The first-order chi connectivity index (χ1) is 13.1. The third kappa shape index (κ3) is 4.54. The van der Waals surface area contributed by atoms with Crippen LogP contribution in [0.1, 0.15) is 19.5 Å². The smallest absolute Gasteiger partial charge is 0.327 e. The molecule has 0 saturated carbocycles. The third-order valence-corrected chi connectivity index (χ3v) is 4.48. The van der Waals surface area contributed by atoms with Crippen LogP contribution in [0.3, 0.4) is 0 Å². The second-order valence-electron chi connectivity index (χ2n) is 6.07. The van der Waals surface area contributed by atoms with Crippen molar-refractivity contribution < 1.29 is 29.1 Å². The molecule has 1 aliphatic rings. The van der Waals surface area contributed by atoms with Gasteiger partial charge in [0.15, 0.2) is 10.8 Å². The number of nitrogens with two attached hydrogens (primary N) is 1. The van der Waals surface area contributed by atoms with E-state index in [1.54, 1.807) is 13.8 Å². The van der Waals surface area contributed by atoms with Gasteiger partial charge in [-0.15, -0.1) is 11.3 Å². The molecule has 152 valence electrons. The van der Waals surface area contributed by atoms with E-state index in [9.17, 15) is 19.2 Å². The Balaban J connectivity index is 2.03. The fourth-order valence-electron chi connectivity index (χ4n) is 2.40. The van der Waals surface area contributed by atoms with Crippen LogP contribution in [-0.2, 0) is 19.2 Å². The number of imide groups is 1. The normalized spacial score (nSPS) is 16.6. The second kappa shape index (κ2) is 8.65.